The normalized spacial score (nSPS) is 10.6. The summed E-state index contributed by atoms with van der Waals surface area (Å²) < 4.78 is 6.58. The van der Waals surface area contributed by atoms with Crippen molar-refractivity contribution >= 4 is 23.4 Å². The fourth-order valence-electron chi connectivity index (χ4n) is 2.48. The van der Waals surface area contributed by atoms with Crippen LogP contribution in [0.3, 0.4) is 0 Å². The van der Waals surface area contributed by atoms with Gasteiger partial charge in [0.2, 0.25) is 11.1 Å². The van der Waals surface area contributed by atoms with Crippen LogP contribution in [-0.4, -0.2) is 33.6 Å². The fourth-order valence-corrected chi connectivity index (χ4v) is 3.16. The number of nitrogen functional groups attached to an aromatic ring is 1. The van der Waals surface area contributed by atoms with Crippen LogP contribution in [0.5, 0.6) is 5.75 Å². The van der Waals surface area contributed by atoms with Crippen LogP contribution < -0.4 is 15.9 Å². The third-order valence-electron chi connectivity index (χ3n) is 4.01. The minimum Gasteiger partial charge on any atom is -0.497 e. The first-order valence-corrected chi connectivity index (χ1v) is 9.36. The Bertz CT molecular complexity index is 924. The van der Waals surface area contributed by atoms with Crippen LogP contribution in [0.15, 0.2) is 53.7 Å². The van der Waals surface area contributed by atoms with Crippen molar-refractivity contribution in [2.24, 2.45) is 0 Å². The number of aryl methyl sites for hydroxylation is 1. The van der Waals surface area contributed by atoms with Crippen molar-refractivity contribution in [2.75, 3.05) is 24.0 Å². The van der Waals surface area contributed by atoms with Crippen molar-refractivity contribution in [3.05, 3.63) is 65.5 Å². The quantitative estimate of drug-likeness (QED) is 0.481. The molecule has 0 saturated carbocycles. The lowest BCUT2D eigenvalue weighted by Crippen LogP contribution is -2.17. The molecule has 0 saturated heterocycles. The molecule has 0 aliphatic carbocycles. The molecule has 3 rings (SSSR count). The molecule has 0 bridgehead atoms. The van der Waals surface area contributed by atoms with Crippen LogP contribution in [0.4, 0.5) is 5.69 Å². The summed E-state index contributed by atoms with van der Waals surface area (Å²) in [6.07, 6.45) is 0.545. The molecule has 1 amide bonds. The lowest BCUT2D eigenvalue weighted by atomic mass is 10.1. The first-order chi connectivity index (χ1) is 13.1. The summed E-state index contributed by atoms with van der Waals surface area (Å²) in [5.74, 6) is 7.59. The summed E-state index contributed by atoms with van der Waals surface area (Å²) in [6.45, 7) is 1.95. The van der Waals surface area contributed by atoms with E-state index in [-0.39, 0.29) is 11.7 Å². The number of aromatic nitrogens is 3. The van der Waals surface area contributed by atoms with E-state index in [0.717, 1.165) is 22.6 Å². The molecule has 0 aliphatic heterocycles. The molecule has 0 atom stereocenters. The Morgan fingerprint density at radius 2 is 1.93 bits per heavy atom. The van der Waals surface area contributed by atoms with Crippen molar-refractivity contribution in [1.82, 2.24) is 14.9 Å². The number of nitrogens with zero attached hydrogens (tertiary/aromatic N) is 3. The predicted octanol–water partition coefficient (Wildman–Crippen LogP) is 2.63. The minimum absolute atomic E-state index is 0.117. The van der Waals surface area contributed by atoms with Crippen LogP contribution in [-0.2, 0) is 11.2 Å². The number of carbonyl (C=O) groups is 1. The Labute approximate surface area is 161 Å². The van der Waals surface area contributed by atoms with E-state index in [1.165, 1.54) is 16.4 Å². The van der Waals surface area contributed by atoms with Gasteiger partial charge in [-0.2, -0.15) is 0 Å². The van der Waals surface area contributed by atoms with Gasteiger partial charge in [0, 0.05) is 12.1 Å². The molecule has 2 aromatic carbocycles. The number of benzene rings is 2. The fraction of sp³-hybridized carbons (Fsp3) is 0.211. The largest absolute Gasteiger partial charge is 0.497 e. The lowest BCUT2D eigenvalue weighted by Gasteiger charge is -2.08. The SMILES string of the molecule is COc1ccc(Cc2nnc(SCC(=O)Nc3ccccc3C)n2N)cc1. The van der Waals surface area contributed by atoms with Gasteiger partial charge in [-0.3, -0.25) is 4.79 Å². The van der Waals surface area contributed by atoms with Crippen molar-refractivity contribution in [1.29, 1.82) is 0 Å². The van der Waals surface area contributed by atoms with Gasteiger partial charge < -0.3 is 15.9 Å². The Morgan fingerprint density at radius 3 is 2.63 bits per heavy atom. The van der Waals surface area contributed by atoms with Gasteiger partial charge in [0.1, 0.15) is 5.75 Å². The molecule has 3 aromatic rings. The van der Waals surface area contributed by atoms with Crippen LogP contribution >= 0.6 is 11.8 Å². The summed E-state index contributed by atoms with van der Waals surface area (Å²) >= 11 is 1.25. The van der Waals surface area contributed by atoms with Gasteiger partial charge >= 0.3 is 0 Å². The number of anilines is 1. The third-order valence-corrected chi connectivity index (χ3v) is 4.95. The molecule has 0 radical (unpaired) electrons. The maximum Gasteiger partial charge on any atom is 0.234 e. The van der Waals surface area contributed by atoms with Gasteiger partial charge in [-0.15, -0.1) is 10.2 Å². The molecule has 0 spiro atoms. The molecule has 0 fully saturated rings. The number of methoxy groups -OCH3 is 1. The van der Waals surface area contributed by atoms with E-state index in [4.69, 9.17) is 10.6 Å². The third kappa shape index (κ3) is 4.79. The number of amides is 1. The zero-order chi connectivity index (χ0) is 19.2. The molecule has 140 valence electrons. The van der Waals surface area contributed by atoms with E-state index in [2.05, 4.69) is 15.5 Å². The number of hydrogen-bond acceptors (Lipinski definition) is 6. The highest BCUT2D eigenvalue weighted by atomic mass is 32.2. The second kappa shape index (κ2) is 8.59. The van der Waals surface area contributed by atoms with Gasteiger partial charge in [-0.25, -0.2) is 4.68 Å². The highest BCUT2D eigenvalue weighted by Crippen LogP contribution is 2.19. The van der Waals surface area contributed by atoms with E-state index < -0.39 is 0 Å². The van der Waals surface area contributed by atoms with Crippen LogP contribution in [0.2, 0.25) is 0 Å². The van der Waals surface area contributed by atoms with E-state index in [9.17, 15) is 4.79 Å². The van der Waals surface area contributed by atoms with E-state index >= 15 is 0 Å². The number of carbonyl (C=O) groups excluding carboxylic acids is 1. The topological polar surface area (TPSA) is 95.1 Å². The number of ether oxygens (including phenoxy) is 1. The molecule has 27 heavy (non-hydrogen) atoms. The van der Waals surface area contributed by atoms with Crippen molar-refractivity contribution < 1.29 is 9.53 Å². The number of nitrogens with one attached hydrogen (secondary N) is 1. The highest BCUT2D eigenvalue weighted by molar-refractivity contribution is 7.99. The molecule has 1 heterocycles. The molecular weight excluding hydrogens is 362 g/mol. The number of thioether (sulfide) groups is 1. The summed E-state index contributed by atoms with van der Waals surface area (Å²) in [5, 5.41) is 11.6. The Hall–Kier alpha value is -3.00. The van der Waals surface area contributed by atoms with Gasteiger partial charge in [-0.05, 0) is 36.2 Å². The number of nitrogens with two attached hydrogens (primary N) is 1. The zero-order valence-electron chi connectivity index (χ0n) is 15.2. The smallest absolute Gasteiger partial charge is 0.234 e. The Kier molecular flexibility index (Phi) is 5.97. The summed E-state index contributed by atoms with van der Waals surface area (Å²) in [5.41, 5.74) is 2.86. The Balaban J connectivity index is 1.58. The Morgan fingerprint density at radius 1 is 1.19 bits per heavy atom. The van der Waals surface area contributed by atoms with E-state index in [0.29, 0.717) is 17.4 Å². The maximum absolute atomic E-state index is 12.2. The minimum atomic E-state index is -0.117. The molecule has 3 N–H and O–H groups in total. The van der Waals surface area contributed by atoms with E-state index in [1.807, 2.05) is 55.5 Å². The van der Waals surface area contributed by atoms with Crippen LogP contribution in [0.1, 0.15) is 17.0 Å². The summed E-state index contributed by atoms with van der Waals surface area (Å²) in [6, 6.07) is 15.3. The standard InChI is InChI=1S/C19H21N5O2S/c1-13-5-3-4-6-16(13)21-18(25)12-27-19-23-22-17(24(19)20)11-14-7-9-15(26-2)10-8-14/h3-10H,11-12,20H2,1-2H3,(H,21,25). The van der Waals surface area contributed by atoms with Crippen molar-refractivity contribution in [3.63, 3.8) is 0 Å². The van der Waals surface area contributed by atoms with Crippen molar-refractivity contribution in [3.8, 4) is 5.75 Å². The van der Waals surface area contributed by atoms with Crippen molar-refractivity contribution in [2.45, 2.75) is 18.5 Å². The van der Waals surface area contributed by atoms with Crippen LogP contribution in [0, 0.1) is 6.92 Å². The zero-order valence-corrected chi connectivity index (χ0v) is 16.0. The molecule has 0 unspecified atom stereocenters. The molecule has 1 aromatic heterocycles. The molecule has 7 nitrogen and oxygen atoms in total. The van der Waals surface area contributed by atoms with Gasteiger partial charge in [0.05, 0.1) is 12.9 Å². The van der Waals surface area contributed by atoms with Gasteiger partial charge in [-0.1, -0.05) is 42.1 Å². The first-order valence-electron chi connectivity index (χ1n) is 8.37. The predicted molar refractivity (Wildman–Crippen MR) is 107 cm³/mol. The average Bonchev–Trinajstić information content (AvgIpc) is 3.02. The maximum atomic E-state index is 12.2. The number of hydrogen-bond donors (Lipinski definition) is 2. The number of rotatable bonds is 7. The molecule has 0 aliphatic rings. The summed E-state index contributed by atoms with van der Waals surface area (Å²) in [7, 11) is 1.63. The molecule has 8 heteroatoms. The molecular formula is C19H21N5O2S. The monoisotopic (exact) mass is 383 g/mol. The van der Waals surface area contributed by atoms with Crippen LogP contribution in [0.25, 0.3) is 0 Å². The van der Waals surface area contributed by atoms with E-state index in [1.54, 1.807) is 7.11 Å². The second-order valence-corrected chi connectivity index (χ2v) is 6.89. The second-order valence-electron chi connectivity index (χ2n) is 5.95. The lowest BCUT2D eigenvalue weighted by molar-refractivity contribution is -0.113. The van der Waals surface area contributed by atoms with Gasteiger partial charge in [0.25, 0.3) is 0 Å². The highest BCUT2D eigenvalue weighted by Gasteiger charge is 2.13. The summed E-state index contributed by atoms with van der Waals surface area (Å²) in [4.78, 5) is 12.2. The average molecular weight is 383 g/mol. The van der Waals surface area contributed by atoms with Gasteiger partial charge in [0.15, 0.2) is 5.82 Å². The number of para-hydroxylation sites is 1. The first kappa shape index (κ1) is 18.8.